The van der Waals surface area contributed by atoms with E-state index in [1.54, 1.807) is 24.8 Å². The van der Waals surface area contributed by atoms with Crippen molar-refractivity contribution in [2.75, 3.05) is 0 Å². The van der Waals surface area contributed by atoms with Crippen molar-refractivity contribution in [3.05, 3.63) is 82.2 Å². The van der Waals surface area contributed by atoms with Gasteiger partial charge >= 0.3 is 0 Å². The molecule has 4 heteroatoms. The zero-order valence-electron chi connectivity index (χ0n) is 19.7. The summed E-state index contributed by atoms with van der Waals surface area (Å²) < 4.78 is 13.8. The summed E-state index contributed by atoms with van der Waals surface area (Å²) in [6, 6.07) is 14.8. The van der Waals surface area contributed by atoms with Crippen molar-refractivity contribution in [3.63, 3.8) is 0 Å². The number of aryl methyl sites for hydroxylation is 1. The summed E-state index contributed by atoms with van der Waals surface area (Å²) >= 11 is 1.73. The molecule has 0 aliphatic rings. The molecule has 0 radical (unpaired) electrons. The van der Waals surface area contributed by atoms with Crippen LogP contribution < -0.4 is 0 Å². The first kappa shape index (κ1) is 24.3. The average Bonchev–Trinajstić information content (AvgIpc) is 2.72. The summed E-state index contributed by atoms with van der Waals surface area (Å²) in [7, 11) is 0. The molecule has 3 rings (SSSR count). The average molecular weight is 453 g/mol. The van der Waals surface area contributed by atoms with Gasteiger partial charge in [0.1, 0.15) is 11.6 Å². The Labute approximate surface area is 195 Å². The molecule has 0 spiro atoms. The van der Waals surface area contributed by atoms with E-state index >= 15 is 0 Å². The van der Waals surface area contributed by atoms with Gasteiger partial charge in [-0.25, -0.2) is 4.39 Å². The van der Waals surface area contributed by atoms with Crippen LogP contribution in [0, 0.1) is 12.7 Å². The number of phenolic OH excluding ortho intramolecular Hbond substituents is 1. The highest BCUT2D eigenvalue weighted by atomic mass is 32.2. The molecule has 0 bridgehead atoms. The molecule has 0 aliphatic heterocycles. The number of aromatic hydroxyl groups is 1. The Hall–Kier alpha value is -2.30. The lowest BCUT2D eigenvalue weighted by atomic mass is 9.80. The zero-order chi connectivity index (χ0) is 23.6. The van der Waals surface area contributed by atoms with Gasteiger partial charge in [0, 0.05) is 22.3 Å². The first-order chi connectivity index (χ1) is 15.1. The third-order valence-electron chi connectivity index (χ3n) is 5.84. The Morgan fingerprint density at radius 2 is 1.50 bits per heavy atom. The molecule has 0 fully saturated rings. The number of benzene rings is 3. The van der Waals surface area contributed by atoms with Crippen LogP contribution >= 0.6 is 11.8 Å². The molecule has 3 aromatic carbocycles. The molecular weight excluding hydrogens is 419 g/mol. The van der Waals surface area contributed by atoms with E-state index in [1.165, 1.54) is 17.2 Å². The van der Waals surface area contributed by atoms with Crippen LogP contribution in [0.1, 0.15) is 80.4 Å². The molecule has 32 heavy (non-hydrogen) atoms. The fraction of sp³-hybridized carbons (Fsp3) is 0.357. The maximum atomic E-state index is 13.8. The van der Waals surface area contributed by atoms with Crippen LogP contribution in [0.15, 0.2) is 53.4 Å². The second-order valence-electron chi connectivity index (χ2n) is 9.07. The number of aliphatic hydroxyl groups is 1. The van der Waals surface area contributed by atoms with Crippen LogP contribution in [0.3, 0.4) is 0 Å². The van der Waals surface area contributed by atoms with Gasteiger partial charge in [-0.3, -0.25) is 0 Å². The van der Waals surface area contributed by atoms with Crippen LogP contribution in [0.25, 0.3) is 11.1 Å². The minimum absolute atomic E-state index is 0.107. The quantitative estimate of drug-likeness (QED) is 0.356. The Balaban J connectivity index is 2.30. The largest absolute Gasteiger partial charge is 0.507 e. The predicted molar refractivity (Wildman–Crippen MR) is 133 cm³/mol. The molecule has 3 aromatic rings. The molecule has 0 saturated heterocycles. The van der Waals surface area contributed by atoms with Gasteiger partial charge in [0.25, 0.3) is 0 Å². The van der Waals surface area contributed by atoms with E-state index in [-0.39, 0.29) is 17.6 Å². The number of phenols is 1. The van der Waals surface area contributed by atoms with Gasteiger partial charge in [-0.1, -0.05) is 51.5 Å². The third-order valence-corrected chi connectivity index (χ3v) is 6.88. The van der Waals surface area contributed by atoms with Gasteiger partial charge in [-0.15, -0.1) is 11.8 Å². The highest BCUT2D eigenvalue weighted by molar-refractivity contribution is 7.98. The van der Waals surface area contributed by atoms with Crippen LogP contribution in [0.5, 0.6) is 5.75 Å². The van der Waals surface area contributed by atoms with Gasteiger partial charge in [-0.2, -0.15) is 0 Å². The van der Waals surface area contributed by atoms with Crippen molar-refractivity contribution in [2.24, 2.45) is 0 Å². The molecule has 0 aromatic heterocycles. The normalized spacial score (nSPS) is 12.6. The molecular formula is C28H33FO2S. The maximum absolute atomic E-state index is 13.8. The van der Waals surface area contributed by atoms with Gasteiger partial charge in [0.2, 0.25) is 0 Å². The molecule has 0 heterocycles. The molecule has 1 atom stereocenters. The smallest absolute Gasteiger partial charge is 0.126 e. The second kappa shape index (κ2) is 10.1. The zero-order valence-corrected chi connectivity index (χ0v) is 20.6. The standard InChI is InChI=1S/C28H33FO2S/c1-16(2)23-14-24(17(3)4)27(19(6)30)28(22-12-9-20(29)13-26(22)31)25(23)15-32-21-10-7-18(5)8-11-21/h7-14,16-17,19,30-31H,15H2,1-6H3. The lowest BCUT2D eigenvalue weighted by molar-refractivity contribution is 0.198. The van der Waals surface area contributed by atoms with E-state index < -0.39 is 11.9 Å². The lowest BCUT2D eigenvalue weighted by Gasteiger charge is -2.27. The molecule has 2 N–H and O–H groups in total. The van der Waals surface area contributed by atoms with Crippen molar-refractivity contribution >= 4 is 11.8 Å². The maximum Gasteiger partial charge on any atom is 0.126 e. The second-order valence-corrected chi connectivity index (χ2v) is 10.1. The van der Waals surface area contributed by atoms with E-state index in [4.69, 9.17) is 0 Å². The fourth-order valence-electron chi connectivity index (χ4n) is 4.20. The number of thioether (sulfide) groups is 1. The Morgan fingerprint density at radius 1 is 0.875 bits per heavy atom. The van der Waals surface area contributed by atoms with E-state index in [1.807, 2.05) is 0 Å². The van der Waals surface area contributed by atoms with E-state index in [0.717, 1.165) is 33.2 Å². The number of rotatable bonds is 7. The summed E-state index contributed by atoms with van der Waals surface area (Å²) in [6.45, 7) is 12.4. The highest BCUT2D eigenvalue weighted by Gasteiger charge is 2.26. The molecule has 0 saturated carbocycles. The van der Waals surface area contributed by atoms with E-state index in [0.29, 0.717) is 11.3 Å². The summed E-state index contributed by atoms with van der Waals surface area (Å²) in [6.07, 6.45) is -0.726. The van der Waals surface area contributed by atoms with E-state index in [2.05, 4.69) is 65.0 Å². The van der Waals surface area contributed by atoms with Crippen molar-refractivity contribution in [1.29, 1.82) is 0 Å². The van der Waals surface area contributed by atoms with Crippen molar-refractivity contribution < 1.29 is 14.6 Å². The highest BCUT2D eigenvalue weighted by Crippen LogP contribution is 2.45. The Morgan fingerprint density at radius 3 is 2.03 bits per heavy atom. The predicted octanol–water partition coefficient (Wildman–Crippen LogP) is 8.10. The Kier molecular flexibility index (Phi) is 7.68. The molecule has 1 unspecified atom stereocenters. The summed E-state index contributed by atoms with van der Waals surface area (Å²) in [5.74, 6) is 0.539. The molecule has 170 valence electrons. The minimum Gasteiger partial charge on any atom is -0.507 e. The van der Waals surface area contributed by atoms with Gasteiger partial charge in [-0.05, 0) is 77.8 Å². The third kappa shape index (κ3) is 5.19. The van der Waals surface area contributed by atoms with Crippen LogP contribution in [-0.2, 0) is 5.75 Å². The molecule has 0 aliphatic carbocycles. The lowest BCUT2D eigenvalue weighted by Crippen LogP contribution is -2.10. The topological polar surface area (TPSA) is 40.5 Å². The van der Waals surface area contributed by atoms with Crippen molar-refractivity contribution in [1.82, 2.24) is 0 Å². The summed E-state index contributed by atoms with van der Waals surface area (Å²) in [5.41, 5.74) is 6.74. The van der Waals surface area contributed by atoms with Gasteiger partial charge in [0.05, 0.1) is 6.10 Å². The fourth-order valence-corrected chi connectivity index (χ4v) is 5.15. The number of hydrogen-bond acceptors (Lipinski definition) is 3. The van der Waals surface area contributed by atoms with Crippen molar-refractivity contribution in [2.45, 2.75) is 70.1 Å². The summed E-state index contributed by atoms with van der Waals surface area (Å²) in [5, 5.41) is 21.6. The number of hydrogen-bond donors (Lipinski definition) is 2. The van der Waals surface area contributed by atoms with Crippen LogP contribution in [0.4, 0.5) is 4.39 Å². The molecule has 0 amide bonds. The SMILES string of the molecule is Cc1ccc(SCc2c(C(C)C)cc(C(C)C)c(C(C)O)c2-c2ccc(F)cc2O)cc1. The number of halogens is 1. The first-order valence-corrected chi connectivity index (χ1v) is 12.1. The number of aliphatic hydroxyl groups excluding tert-OH is 1. The molecule has 2 nitrogen and oxygen atoms in total. The van der Waals surface area contributed by atoms with Gasteiger partial charge in [0.15, 0.2) is 0 Å². The van der Waals surface area contributed by atoms with E-state index in [9.17, 15) is 14.6 Å². The van der Waals surface area contributed by atoms with Crippen LogP contribution in [0.2, 0.25) is 0 Å². The first-order valence-electron chi connectivity index (χ1n) is 11.2. The Bertz CT molecular complexity index is 1090. The summed E-state index contributed by atoms with van der Waals surface area (Å²) in [4.78, 5) is 1.16. The monoisotopic (exact) mass is 452 g/mol. The van der Waals surface area contributed by atoms with Gasteiger partial charge < -0.3 is 10.2 Å². The minimum atomic E-state index is -0.726. The van der Waals surface area contributed by atoms with Crippen LogP contribution in [-0.4, -0.2) is 10.2 Å². The van der Waals surface area contributed by atoms with Crippen molar-refractivity contribution in [3.8, 4) is 16.9 Å².